The van der Waals surface area contributed by atoms with Gasteiger partial charge in [-0.3, -0.25) is 9.67 Å². The van der Waals surface area contributed by atoms with Crippen molar-refractivity contribution in [2.45, 2.75) is 25.3 Å². The van der Waals surface area contributed by atoms with Crippen LogP contribution >= 0.6 is 24.0 Å². The molecule has 27 heavy (non-hydrogen) atoms. The lowest BCUT2D eigenvalue weighted by Gasteiger charge is -2.12. The van der Waals surface area contributed by atoms with Gasteiger partial charge in [-0.05, 0) is 30.7 Å². The maximum atomic E-state index is 11.7. The Morgan fingerprint density at radius 1 is 1.22 bits per heavy atom. The molecule has 0 bridgehead atoms. The third kappa shape index (κ3) is 8.71. The smallest absolute Gasteiger partial charge is 0.215 e. The van der Waals surface area contributed by atoms with Crippen molar-refractivity contribution < 1.29 is 8.42 Å². The van der Waals surface area contributed by atoms with E-state index in [4.69, 9.17) is 0 Å². The SMILES string of the molecule is CN=C(NCCCn1cccn1)NCc1cccc(CS(=O)(=O)NC)c1.I. The van der Waals surface area contributed by atoms with Crippen LogP contribution in [0.1, 0.15) is 17.5 Å². The van der Waals surface area contributed by atoms with Crippen LogP contribution in [0, 0.1) is 0 Å². The number of halogens is 1. The minimum Gasteiger partial charge on any atom is -0.356 e. The number of hydrogen-bond acceptors (Lipinski definition) is 4. The molecule has 0 unspecified atom stereocenters. The molecule has 2 aromatic rings. The molecule has 1 heterocycles. The van der Waals surface area contributed by atoms with E-state index in [0.717, 1.165) is 30.6 Å². The Balaban J connectivity index is 0.00000364. The molecule has 1 aromatic carbocycles. The fraction of sp³-hybridized carbons (Fsp3) is 0.412. The van der Waals surface area contributed by atoms with Gasteiger partial charge in [0, 0.05) is 39.1 Å². The van der Waals surface area contributed by atoms with Crippen LogP contribution in [-0.2, 0) is 28.9 Å². The van der Waals surface area contributed by atoms with Gasteiger partial charge in [-0.15, -0.1) is 24.0 Å². The van der Waals surface area contributed by atoms with Gasteiger partial charge in [0.25, 0.3) is 0 Å². The predicted molar refractivity (Wildman–Crippen MR) is 119 cm³/mol. The maximum Gasteiger partial charge on any atom is 0.215 e. The lowest BCUT2D eigenvalue weighted by atomic mass is 10.1. The molecule has 10 heteroatoms. The molecule has 0 amide bonds. The standard InChI is InChI=1S/C17H26N6O2S.HI/c1-18-17(20-8-4-10-23-11-5-9-22-23)21-13-15-6-3-7-16(12-15)14-26(24,25)19-2;/h3,5-7,9,11-12,19H,4,8,10,13-14H2,1-2H3,(H2,18,20,21);1H. The van der Waals surface area contributed by atoms with Crippen LogP contribution in [0.25, 0.3) is 0 Å². The van der Waals surface area contributed by atoms with Crippen LogP contribution < -0.4 is 15.4 Å². The van der Waals surface area contributed by atoms with E-state index in [9.17, 15) is 8.42 Å². The van der Waals surface area contributed by atoms with Crippen molar-refractivity contribution in [1.29, 1.82) is 0 Å². The number of rotatable bonds is 9. The number of aromatic nitrogens is 2. The summed E-state index contributed by atoms with van der Waals surface area (Å²) in [5.41, 5.74) is 1.74. The number of hydrogen-bond donors (Lipinski definition) is 3. The fourth-order valence-electron chi connectivity index (χ4n) is 2.41. The third-order valence-electron chi connectivity index (χ3n) is 3.76. The van der Waals surface area contributed by atoms with Gasteiger partial charge >= 0.3 is 0 Å². The van der Waals surface area contributed by atoms with E-state index in [1.54, 1.807) is 19.3 Å². The van der Waals surface area contributed by atoms with Crippen LogP contribution in [0.15, 0.2) is 47.7 Å². The Hall–Kier alpha value is -1.66. The monoisotopic (exact) mass is 506 g/mol. The van der Waals surface area contributed by atoms with Crippen LogP contribution in [0.3, 0.4) is 0 Å². The van der Waals surface area contributed by atoms with Crippen LogP contribution in [0.5, 0.6) is 0 Å². The van der Waals surface area contributed by atoms with E-state index in [2.05, 4.69) is 25.4 Å². The molecule has 0 aliphatic heterocycles. The first-order valence-electron chi connectivity index (χ1n) is 8.43. The molecule has 1 aromatic heterocycles. The second kappa shape index (κ2) is 11.9. The number of benzene rings is 1. The number of aliphatic imine (C=N–C) groups is 1. The van der Waals surface area contributed by atoms with E-state index in [0.29, 0.717) is 12.5 Å². The summed E-state index contributed by atoms with van der Waals surface area (Å²) in [6.45, 7) is 2.19. The lowest BCUT2D eigenvalue weighted by molar-refractivity contribution is 0.570. The number of sulfonamides is 1. The molecule has 0 spiro atoms. The van der Waals surface area contributed by atoms with Gasteiger partial charge in [0.1, 0.15) is 0 Å². The highest BCUT2D eigenvalue weighted by atomic mass is 127. The van der Waals surface area contributed by atoms with Crippen molar-refractivity contribution in [3.05, 3.63) is 53.9 Å². The molecule has 150 valence electrons. The topological polar surface area (TPSA) is 100 Å². The molecule has 0 radical (unpaired) electrons. The Morgan fingerprint density at radius 2 is 2.00 bits per heavy atom. The second-order valence-corrected chi connectivity index (χ2v) is 7.68. The molecule has 0 aliphatic carbocycles. The molecule has 0 saturated heterocycles. The molecular weight excluding hydrogens is 479 g/mol. The average Bonchev–Trinajstić information content (AvgIpc) is 3.14. The summed E-state index contributed by atoms with van der Waals surface area (Å²) in [4.78, 5) is 4.20. The first kappa shape index (κ1) is 23.4. The minimum absolute atomic E-state index is 0. The van der Waals surface area contributed by atoms with E-state index in [1.807, 2.05) is 35.1 Å². The van der Waals surface area contributed by atoms with Gasteiger partial charge in [-0.25, -0.2) is 13.1 Å². The van der Waals surface area contributed by atoms with Gasteiger partial charge < -0.3 is 10.6 Å². The Labute approximate surface area is 177 Å². The highest BCUT2D eigenvalue weighted by Gasteiger charge is 2.09. The summed E-state index contributed by atoms with van der Waals surface area (Å²) in [6.07, 6.45) is 4.64. The largest absolute Gasteiger partial charge is 0.356 e. The number of aryl methyl sites for hydroxylation is 1. The first-order chi connectivity index (χ1) is 12.5. The molecule has 3 N–H and O–H groups in total. The van der Waals surface area contributed by atoms with E-state index >= 15 is 0 Å². The van der Waals surface area contributed by atoms with Crippen molar-refractivity contribution >= 4 is 40.0 Å². The third-order valence-corrected chi connectivity index (χ3v) is 5.09. The molecule has 0 fully saturated rings. The highest BCUT2D eigenvalue weighted by molar-refractivity contribution is 14.0. The summed E-state index contributed by atoms with van der Waals surface area (Å²) in [6, 6.07) is 9.41. The summed E-state index contributed by atoms with van der Waals surface area (Å²) in [5.74, 6) is 0.677. The van der Waals surface area contributed by atoms with Gasteiger partial charge in [-0.2, -0.15) is 5.10 Å². The number of nitrogens with zero attached hydrogens (tertiary/aromatic N) is 3. The lowest BCUT2D eigenvalue weighted by Crippen LogP contribution is -2.37. The summed E-state index contributed by atoms with van der Waals surface area (Å²) < 4.78 is 27.5. The number of guanidine groups is 1. The van der Waals surface area contributed by atoms with Crippen LogP contribution in [0.4, 0.5) is 0 Å². The van der Waals surface area contributed by atoms with Crippen LogP contribution in [-0.4, -0.2) is 44.8 Å². The molecule has 2 rings (SSSR count). The van der Waals surface area contributed by atoms with Gasteiger partial charge in [0.05, 0.1) is 5.75 Å². The number of nitrogens with one attached hydrogen (secondary N) is 3. The Kier molecular flexibility index (Phi) is 10.3. The average molecular weight is 506 g/mol. The first-order valence-corrected chi connectivity index (χ1v) is 10.1. The van der Waals surface area contributed by atoms with Gasteiger partial charge in [0.2, 0.25) is 10.0 Å². The Morgan fingerprint density at radius 3 is 2.67 bits per heavy atom. The van der Waals surface area contributed by atoms with Crippen molar-refractivity contribution in [3.63, 3.8) is 0 Å². The van der Waals surface area contributed by atoms with E-state index in [-0.39, 0.29) is 29.7 Å². The predicted octanol–water partition coefficient (Wildman–Crippen LogP) is 1.31. The molecule has 0 atom stereocenters. The Bertz CT molecular complexity index is 809. The van der Waals surface area contributed by atoms with Crippen molar-refractivity contribution in [2.24, 2.45) is 4.99 Å². The summed E-state index contributed by atoms with van der Waals surface area (Å²) in [5, 5.41) is 10.7. The normalized spacial score (nSPS) is 11.7. The fourth-order valence-corrected chi connectivity index (χ4v) is 3.17. The highest BCUT2D eigenvalue weighted by Crippen LogP contribution is 2.08. The summed E-state index contributed by atoms with van der Waals surface area (Å²) in [7, 11) is -0.132. The van der Waals surface area contributed by atoms with Crippen molar-refractivity contribution in [3.8, 4) is 0 Å². The zero-order valence-electron chi connectivity index (χ0n) is 15.6. The molecule has 8 nitrogen and oxygen atoms in total. The molecular formula is C17H27IN6O2S. The maximum absolute atomic E-state index is 11.7. The zero-order valence-corrected chi connectivity index (χ0v) is 18.7. The molecule has 0 aliphatic rings. The van der Waals surface area contributed by atoms with E-state index < -0.39 is 10.0 Å². The second-order valence-electron chi connectivity index (χ2n) is 5.76. The van der Waals surface area contributed by atoms with Crippen LogP contribution in [0.2, 0.25) is 0 Å². The summed E-state index contributed by atoms with van der Waals surface area (Å²) >= 11 is 0. The quantitative estimate of drug-likeness (QED) is 0.206. The minimum atomic E-state index is -3.27. The van der Waals surface area contributed by atoms with Crippen molar-refractivity contribution in [2.75, 3.05) is 20.6 Å². The van der Waals surface area contributed by atoms with Crippen molar-refractivity contribution in [1.82, 2.24) is 25.1 Å². The van der Waals surface area contributed by atoms with E-state index in [1.165, 1.54) is 7.05 Å². The zero-order chi connectivity index (χ0) is 18.8. The molecule has 0 saturated carbocycles. The van der Waals surface area contributed by atoms with Gasteiger partial charge in [-0.1, -0.05) is 24.3 Å². The van der Waals surface area contributed by atoms with Gasteiger partial charge in [0.15, 0.2) is 5.96 Å².